The van der Waals surface area contributed by atoms with Crippen molar-refractivity contribution in [2.24, 2.45) is 5.10 Å². The molecule has 28 heavy (non-hydrogen) atoms. The van der Waals surface area contributed by atoms with Gasteiger partial charge in [-0.1, -0.05) is 0 Å². The first kappa shape index (κ1) is 22.0. The number of methoxy groups -OCH3 is 1. The van der Waals surface area contributed by atoms with Gasteiger partial charge in [-0.25, -0.2) is 9.18 Å². The molecule has 1 aliphatic carbocycles. The smallest absolute Gasteiger partial charge is 0.331 e. The van der Waals surface area contributed by atoms with Crippen LogP contribution in [-0.2, 0) is 9.53 Å². The van der Waals surface area contributed by atoms with Crippen LogP contribution in [0.3, 0.4) is 0 Å². The van der Waals surface area contributed by atoms with Gasteiger partial charge in [-0.2, -0.15) is 9.49 Å². The van der Waals surface area contributed by atoms with Crippen LogP contribution in [0.25, 0.3) is 0 Å². The summed E-state index contributed by atoms with van der Waals surface area (Å²) < 4.78 is 38.9. The SMILES string of the molecule is COCCN(C)CCOc1ccc(/C=N/N(C)C2(C(=O)O)CCC2)c(F)c1F. The quantitative estimate of drug-likeness (QED) is 0.454. The van der Waals surface area contributed by atoms with Crippen molar-refractivity contribution in [3.63, 3.8) is 0 Å². The number of hydrazone groups is 1. The Morgan fingerprint density at radius 1 is 1.25 bits per heavy atom. The summed E-state index contributed by atoms with van der Waals surface area (Å²) in [5.74, 6) is -3.32. The third-order valence-corrected chi connectivity index (χ3v) is 5.05. The largest absolute Gasteiger partial charge is 0.489 e. The highest BCUT2D eigenvalue weighted by Gasteiger charge is 2.48. The maximum absolute atomic E-state index is 14.3. The summed E-state index contributed by atoms with van der Waals surface area (Å²) in [6.07, 6.45) is 2.86. The molecule has 0 aliphatic heterocycles. The van der Waals surface area contributed by atoms with Gasteiger partial charge in [-0.05, 0) is 38.4 Å². The minimum atomic E-state index is -1.09. The van der Waals surface area contributed by atoms with Gasteiger partial charge in [0, 0.05) is 32.8 Å². The van der Waals surface area contributed by atoms with Crippen molar-refractivity contribution >= 4 is 12.2 Å². The molecular formula is C19H27F2N3O4. The van der Waals surface area contributed by atoms with Crippen molar-refractivity contribution in [1.29, 1.82) is 0 Å². The predicted molar refractivity (Wildman–Crippen MR) is 101 cm³/mol. The molecule has 0 bridgehead atoms. The first-order valence-electron chi connectivity index (χ1n) is 9.11. The Bertz CT molecular complexity index is 711. The predicted octanol–water partition coefficient (Wildman–Crippen LogP) is 2.19. The number of aliphatic carboxylic acids is 1. The lowest BCUT2D eigenvalue weighted by Crippen LogP contribution is -2.55. The van der Waals surface area contributed by atoms with E-state index in [0.29, 0.717) is 32.5 Å². The van der Waals surface area contributed by atoms with Gasteiger partial charge in [0.15, 0.2) is 17.1 Å². The number of carbonyl (C=O) groups is 1. The van der Waals surface area contributed by atoms with Gasteiger partial charge in [0.25, 0.3) is 0 Å². The molecule has 1 aromatic rings. The zero-order valence-corrected chi connectivity index (χ0v) is 16.5. The van der Waals surface area contributed by atoms with Crippen LogP contribution in [-0.4, -0.2) is 80.2 Å². The fourth-order valence-electron chi connectivity index (χ4n) is 2.88. The maximum Gasteiger partial charge on any atom is 0.331 e. The number of halogens is 2. The van der Waals surface area contributed by atoms with E-state index in [0.717, 1.165) is 12.6 Å². The van der Waals surface area contributed by atoms with Crippen molar-refractivity contribution in [1.82, 2.24) is 9.91 Å². The number of carboxylic acids is 1. The Kier molecular flexibility index (Phi) is 7.70. The van der Waals surface area contributed by atoms with E-state index in [1.54, 1.807) is 7.11 Å². The van der Waals surface area contributed by atoms with E-state index in [9.17, 15) is 18.7 Å². The average Bonchev–Trinajstić information content (AvgIpc) is 2.61. The second-order valence-corrected chi connectivity index (χ2v) is 6.88. The summed E-state index contributed by atoms with van der Waals surface area (Å²) in [5.41, 5.74) is -1.14. The highest BCUT2D eigenvalue weighted by molar-refractivity contribution is 5.82. The van der Waals surface area contributed by atoms with Crippen molar-refractivity contribution in [3.05, 3.63) is 29.3 Å². The molecule has 9 heteroatoms. The van der Waals surface area contributed by atoms with E-state index in [4.69, 9.17) is 9.47 Å². The number of hydrogen-bond donors (Lipinski definition) is 1. The molecule has 7 nitrogen and oxygen atoms in total. The molecule has 156 valence electrons. The van der Waals surface area contributed by atoms with Gasteiger partial charge in [-0.3, -0.25) is 5.01 Å². The van der Waals surface area contributed by atoms with E-state index in [1.807, 2.05) is 11.9 Å². The molecule has 0 aromatic heterocycles. The van der Waals surface area contributed by atoms with Gasteiger partial charge in [0.1, 0.15) is 6.61 Å². The molecule has 0 saturated heterocycles. The molecule has 0 atom stereocenters. The van der Waals surface area contributed by atoms with E-state index in [2.05, 4.69) is 5.10 Å². The van der Waals surface area contributed by atoms with Crippen molar-refractivity contribution < 1.29 is 28.2 Å². The van der Waals surface area contributed by atoms with Crippen LogP contribution in [0.15, 0.2) is 17.2 Å². The first-order chi connectivity index (χ1) is 13.3. The van der Waals surface area contributed by atoms with Crippen molar-refractivity contribution in [2.75, 3.05) is 47.5 Å². The minimum Gasteiger partial charge on any atom is -0.489 e. The fourth-order valence-corrected chi connectivity index (χ4v) is 2.88. The molecule has 1 aromatic carbocycles. The molecule has 0 amide bonds. The lowest BCUT2D eigenvalue weighted by atomic mass is 9.76. The highest BCUT2D eigenvalue weighted by atomic mass is 19.2. The average molecular weight is 399 g/mol. The third kappa shape index (κ3) is 4.96. The highest BCUT2D eigenvalue weighted by Crippen LogP contribution is 2.37. The van der Waals surface area contributed by atoms with Gasteiger partial charge in [-0.15, -0.1) is 0 Å². The summed E-state index contributed by atoms with van der Waals surface area (Å²) in [6.45, 7) is 2.02. The molecule has 1 N–H and O–H groups in total. The summed E-state index contributed by atoms with van der Waals surface area (Å²) in [6, 6.07) is 2.69. The normalized spacial score (nSPS) is 15.6. The number of nitrogens with zero attached hydrogens (tertiary/aromatic N) is 3. The summed E-state index contributed by atoms with van der Waals surface area (Å²) in [5, 5.41) is 14.7. The number of benzene rings is 1. The zero-order valence-electron chi connectivity index (χ0n) is 16.5. The Labute approximate surface area is 163 Å². The molecule has 0 spiro atoms. The Hall–Kier alpha value is -2.26. The standard InChI is InChI=1S/C19H27F2N3O4/c1-23(9-11-27-3)10-12-28-15-6-5-14(16(20)17(15)21)13-22-24(2)19(18(25)26)7-4-8-19/h5-6,13H,4,7-12H2,1-3H3,(H,25,26)/b22-13+. The number of hydrogen-bond acceptors (Lipinski definition) is 6. The summed E-state index contributed by atoms with van der Waals surface area (Å²) in [4.78, 5) is 13.4. The summed E-state index contributed by atoms with van der Waals surface area (Å²) in [7, 11) is 5.01. The Morgan fingerprint density at radius 2 is 1.93 bits per heavy atom. The van der Waals surface area contributed by atoms with Gasteiger partial charge >= 0.3 is 5.97 Å². The topological polar surface area (TPSA) is 74.6 Å². The number of likely N-dealkylation sites (N-methyl/N-ethyl adjacent to an activating group) is 2. The minimum absolute atomic E-state index is 0.0752. The van der Waals surface area contributed by atoms with Crippen LogP contribution >= 0.6 is 0 Å². The molecule has 0 unspecified atom stereocenters. The van der Waals surface area contributed by atoms with Crippen molar-refractivity contribution in [2.45, 2.75) is 24.8 Å². The monoisotopic (exact) mass is 399 g/mol. The summed E-state index contributed by atoms with van der Waals surface area (Å²) >= 11 is 0. The van der Waals surface area contributed by atoms with Crippen LogP contribution < -0.4 is 4.74 Å². The molecule has 0 heterocycles. The lowest BCUT2D eigenvalue weighted by molar-refractivity contribution is -0.156. The van der Waals surface area contributed by atoms with Crippen LogP contribution in [0.1, 0.15) is 24.8 Å². The van der Waals surface area contributed by atoms with E-state index in [1.165, 1.54) is 24.2 Å². The first-order valence-corrected chi connectivity index (χ1v) is 9.11. The second-order valence-electron chi connectivity index (χ2n) is 6.88. The number of rotatable bonds is 11. The zero-order chi connectivity index (χ0) is 20.7. The Balaban J connectivity index is 1.98. The van der Waals surface area contributed by atoms with Crippen LogP contribution in [0, 0.1) is 11.6 Å². The van der Waals surface area contributed by atoms with Crippen LogP contribution in [0.5, 0.6) is 5.75 Å². The van der Waals surface area contributed by atoms with Crippen LogP contribution in [0.2, 0.25) is 0 Å². The van der Waals surface area contributed by atoms with Crippen molar-refractivity contribution in [3.8, 4) is 5.75 Å². The number of carboxylic acid groups (broad SMARTS) is 1. The van der Waals surface area contributed by atoms with Gasteiger partial charge in [0.05, 0.1) is 12.8 Å². The van der Waals surface area contributed by atoms with Crippen LogP contribution in [0.4, 0.5) is 8.78 Å². The van der Waals surface area contributed by atoms with Gasteiger partial charge < -0.3 is 19.5 Å². The number of ether oxygens (including phenoxy) is 2. The van der Waals surface area contributed by atoms with E-state index >= 15 is 0 Å². The molecule has 1 fully saturated rings. The van der Waals surface area contributed by atoms with Gasteiger partial charge in [0.2, 0.25) is 5.82 Å². The molecule has 0 radical (unpaired) electrons. The van der Waals surface area contributed by atoms with E-state index < -0.39 is 23.1 Å². The third-order valence-electron chi connectivity index (χ3n) is 5.05. The Morgan fingerprint density at radius 3 is 2.50 bits per heavy atom. The fraction of sp³-hybridized carbons (Fsp3) is 0.579. The second kappa shape index (κ2) is 9.79. The van der Waals surface area contributed by atoms with E-state index in [-0.39, 0.29) is 17.9 Å². The molecule has 1 aliphatic rings. The molecular weight excluding hydrogens is 372 g/mol. The molecule has 2 rings (SSSR count). The maximum atomic E-state index is 14.3. The molecule has 1 saturated carbocycles. The lowest BCUT2D eigenvalue weighted by Gasteiger charge is -2.43.